The van der Waals surface area contributed by atoms with Gasteiger partial charge in [0.1, 0.15) is 4.88 Å². The zero-order valence-electron chi connectivity index (χ0n) is 10.4. The van der Waals surface area contributed by atoms with Crippen LogP contribution < -0.4 is 5.73 Å². The van der Waals surface area contributed by atoms with E-state index in [1.54, 1.807) is 11.3 Å². The van der Waals surface area contributed by atoms with Crippen LogP contribution in [-0.2, 0) is 6.42 Å². The molecule has 0 aromatic carbocycles. The lowest BCUT2D eigenvalue weighted by Crippen LogP contribution is -1.94. The van der Waals surface area contributed by atoms with Crippen molar-refractivity contribution in [1.29, 1.82) is 0 Å². The van der Waals surface area contributed by atoms with Crippen molar-refractivity contribution >= 4 is 17.0 Å². The Morgan fingerprint density at radius 3 is 2.82 bits per heavy atom. The van der Waals surface area contributed by atoms with Crippen LogP contribution in [0.15, 0.2) is 9.90 Å². The predicted octanol–water partition coefficient (Wildman–Crippen LogP) is 3.28. The minimum absolute atomic E-state index is 0.541. The van der Waals surface area contributed by atoms with Crippen molar-refractivity contribution in [1.82, 2.24) is 10.1 Å². The molecule has 0 aliphatic carbocycles. The third kappa shape index (κ3) is 2.66. The average Bonchev–Trinajstić information content (AvgIpc) is 2.85. The van der Waals surface area contributed by atoms with Gasteiger partial charge in [-0.25, -0.2) is 0 Å². The Hall–Kier alpha value is -1.36. The van der Waals surface area contributed by atoms with Gasteiger partial charge in [-0.05, 0) is 30.2 Å². The maximum Gasteiger partial charge on any atom is 0.270 e. The summed E-state index contributed by atoms with van der Waals surface area (Å²) in [6, 6.07) is 0. The van der Waals surface area contributed by atoms with E-state index in [-0.39, 0.29) is 0 Å². The second-order valence-electron chi connectivity index (χ2n) is 4.61. The maximum atomic E-state index is 5.95. The molecule has 0 saturated carbocycles. The van der Waals surface area contributed by atoms with Gasteiger partial charge >= 0.3 is 0 Å². The lowest BCUT2D eigenvalue weighted by atomic mass is 10.1. The highest BCUT2D eigenvalue weighted by Gasteiger charge is 2.15. The summed E-state index contributed by atoms with van der Waals surface area (Å²) in [4.78, 5) is 5.26. The molecule has 5 heteroatoms. The van der Waals surface area contributed by atoms with Crippen molar-refractivity contribution in [3.8, 4) is 10.8 Å². The van der Waals surface area contributed by atoms with E-state index < -0.39 is 0 Å². The van der Waals surface area contributed by atoms with Crippen LogP contribution in [0.1, 0.15) is 31.7 Å². The van der Waals surface area contributed by atoms with Gasteiger partial charge < -0.3 is 10.3 Å². The van der Waals surface area contributed by atoms with Gasteiger partial charge in [-0.15, -0.1) is 11.3 Å². The fraction of sp³-hybridized carbons (Fsp3) is 0.500. The van der Waals surface area contributed by atoms with E-state index in [0.717, 1.165) is 34.8 Å². The molecule has 2 N–H and O–H groups in total. The molecule has 0 unspecified atom stereocenters. The molecule has 0 bridgehead atoms. The van der Waals surface area contributed by atoms with Gasteiger partial charge in [0.05, 0.1) is 5.69 Å². The van der Waals surface area contributed by atoms with Crippen molar-refractivity contribution in [2.24, 2.45) is 5.92 Å². The van der Waals surface area contributed by atoms with Crippen LogP contribution in [0.5, 0.6) is 0 Å². The monoisotopic (exact) mass is 251 g/mol. The third-order valence-corrected chi connectivity index (χ3v) is 3.73. The molecule has 4 nitrogen and oxygen atoms in total. The summed E-state index contributed by atoms with van der Waals surface area (Å²) in [5.41, 5.74) is 7.76. The van der Waals surface area contributed by atoms with E-state index in [9.17, 15) is 0 Å². The fourth-order valence-electron chi connectivity index (χ4n) is 1.48. The number of anilines is 1. The van der Waals surface area contributed by atoms with Crippen LogP contribution in [-0.4, -0.2) is 10.1 Å². The van der Waals surface area contributed by atoms with Crippen molar-refractivity contribution in [3.63, 3.8) is 0 Å². The van der Waals surface area contributed by atoms with Crippen LogP contribution in [0.2, 0.25) is 0 Å². The number of nitrogens with zero attached hydrogens (tertiary/aromatic N) is 2. The van der Waals surface area contributed by atoms with Gasteiger partial charge in [-0.1, -0.05) is 19.0 Å². The largest absolute Gasteiger partial charge is 0.397 e. The van der Waals surface area contributed by atoms with E-state index in [4.69, 9.17) is 10.3 Å². The second kappa shape index (κ2) is 4.87. The van der Waals surface area contributed by atoms with Crippen LogP contribution >= 0.6 is 11.3 Å². The van der Waals surface area contributed by atoms with Crippen molar-refractivity contribution in [2.75, 3.05) is 5.73 Å². The average molecular weight is 251 g/mol. The van der Waals surface area contributed by atoms with Crippen LogP contribution in [0.25, 0.3) is 10.8 Å². The summed E-state index contributed by atoms with van der Waals surface area (Å²) in [6.07, 6.45) is 1.92. The van der Waals surface area contributed by atoms with Gasteiger partial charge in [-0.3, -0.25) is 0 Å². The highest BCUT2D eigenvalue weighted by molar-refractivity contribution is 7.14. The molecule has 0 radical (unpaired) electrons. The first kappa shape index (κ1) is 12.1. The Kier molecular flexibility index (Phi) is 3.47. The summed E-state index contributed by atoms with van der Waals surface area (Å²) in [7, 11) is 0. The number of aryl methyl sites for hydroxylation is 2. The number of hydrogen-bond acceptors (Lipinski definition) is 5. The van der Waals surface area contributed by atoms with Crippen molar-refractivity contribution < 1.29 is 4.52 Å². The molecule has 0 amide bonds. The highest BCUT2D eigenvalue weighted by Crippen LogP contribution is 2.33. The molecule has 0 saturated heterocycles. The van der Waals surface area contributed by atoms with E-state index in [2.05, 4.69) is 24.0 Å². The summed E-state index contributed by atoms with van der Waals surface area (Å²) in [5, 5.41) is 5.98. The molecule has 92 valence electrons. The number of aromatic nitrogens is 2. The molecule has 17 heavy (non-hydrogen) atoms. The Labute approximate surface area is 105 Å². The molecular weight excluding hydrogens is 234 g/mol. The van der Waals surface area contributed by atoms with E-state index in [1.807, 2.05) is 12.3 Å². The van der Waals surface area contributed by atoms with Gasteiger partial charge in [-0.2, -0.15) is 4.98 Å². The van der Waals surface area contributed by atoms with Gasteiger partial charge in [0.25, 0.3) is 5.89 Å². The first-order valence-electron chi connectivity index (χ1n) is 5.74. The van der Waals surface area contributed by atoms with Crippen LogP contribution in [0.4, 0.5) is 5.69 Å². The van der Waals surface area contributed by atoms with Gasteiger partial charge in [0.2, 0.25) is 0 Å². The summed E-state index contributed by atoms with van der Waals surface area (Å²) in [6.45, 7) is 6.34. The fourth-order valence-corrected chi connectivity index (χ4v) is 2.38. The molecule has 0 spiro atoms. The summed E-state index contributed by atoms with van der Waals surface area (Å²) < 4.78 is 5.25. The van der Waals surface area contributed by atoms with Crippen molar-refractivity contribution in [2.45, 2.75) is 33.6 Å². The Balaban J connectivity index is 2.15. The number of thiophene rings is 1. The smallest absolute Gasteiger partial charge is 0.270 e. The van der Waals surface area contributed by atoms with E-state index in [1.165, 1.54) is 0 Å². The standard InChI is InChI=1S/C12H17N3OS/c1-7(2)4-5-9-14-12(16-15-9)11-10(13)8(3)6-17-11/h6-7H,4-5,13H2,1-3H3. The molecule has 0 fully saturated rings. The first-order valence-corrected chi connectivity index (χ1v) is 6.62. The highest BCUT2D eigenvalue weighted by atomic mass is 32.1. The Morgan fingerprint density at radius 2 is 2.24 bits per heavy atom. The lowest BCUT2D eigenvalue weighted by molar-refractivity contribution is 0.420. The first-order chi connectivity index (χ1) is 8.08. The molecule has 0 aliphatic heterocycles. The molecule has 0 aliphatic rings. The maximum absolute atomic E-state index is 5.95. The number of nitrogen functional groups attached to an aromatic ring is 1. The van der Waals surface area contributed by atoms with Crippen LogP contribution in [0, 0.1) is 12.8 Å². The zero-order chi connectivity index (χ0) is 12.4. The van der Waals surface area contributed by atoms with Gasteiger partial charge in [0, 0.05) is 6.42 Å². The number of hydrogen-bond donors (Lipinski definition) is 1. The Bertz CT molecular complexity index is 502. The zero-order valence-corrected chi connectivity index (χ0v) is 11.2. The van der Waals surface area contributed by atoms with Crippen molar-refractivity contribution in [3.05, 3.63) is 16.8 Å². The predicted molar refractivity (Wildman–Crippen MR) is 69.9 cm³/mol. The second-order valence-corrected chi connectivity index (χ2v) is 5.49. The minimum Gasteiger partial charge on any atom is -0.397 e. The molecular formula is C12H17N3OS. The quantitative estimate of drug-likeness (QED) is 0.905. The molecule has 2 aromatic heterocycles. The normalized spacial score (nSPS) is 11.3. The lowest BCUT2D eigenvalue weighted by Gasteiger charge is -1.98. The molecule has 0 atom stereocenters. The number of rotatable bonds is 4. The molecule has 2 rings (SSSR count). The molecule has 2 heterocycles. The molecule has 2 aromatic rings. The van der Waals surface area contributed by atoms with E-state index >= 15 is 0 Å². The summed E-state index contributed by atoms with van der Waals surface area (Å²) >= 11 is 1.55. The Morgan fingerprint density at radius 1 is 1.47 bits per heavy atom. The third-order valence-electron chi connectivity index (χ3n) is 2.63. The van der Waals surface area contributed by atoms with E-state index in [0.29, 0.717) is 11.8 Å². The minimum atomic E-state index is 0.541. The van der Waals surface area contributed by atoms with Crippen LogP contribution in [0.3, 0.4) is 0 Å². The number of nitrogens with two attached hydrogens (primary N) is 1. The van der Waals surface area contributed by atoms with Gasteiger partial charge in [0.15, 0.2) is 5.82 Å². The SMILES string of the molecule is Cc1csc(-c2nc(CCC(C)C)no2)c1N. The topological polar surface area (TPSA) is 64.9 Å². The summed E-state index contributed by atoms with van der Waals surface area (Å²) in [5.74, 6) is 1.95.